The molecule has 0 unspecified atom stereocenters. The number of halogens is 1. The number of para-hydroxylation sites is 1. The van der Waals surface area contributed by atoms with Gasteiger partial charge in [-0.05, 0) is 66.0 Å². The van der Waals surface area contributed by atoms with Crippen LogP contribution in [0.4, 0.5) is 5.69 Å². The molecular formula is C20H22BrNO4. The smallest absolute Gasteiger partial charge is 0.310 e. The van der Waals surface area contributed by atoms with Crippen molar-refractivity contribution in [2.24, 2.45) is 0 Å². The third kappa shape index (κ3) is 5.88. The zero-order chi connectivity index (χ0) is 19.1. The first kappa shape index (κ1) is 20.0. The number of esters is 1. The van der Waals surface area contributed by atoms with Gasteiger partial charge in [0.25, 0.3) is 5.91 Å². The van der Waals surface area contributed by atoms with Crippen LogP contribution in [0.5, 0.6) is 5.75 Å². The molecule has 0 aromatic heterocycles. The Hall–Kier alpha value is -2.34. The number of nitrogens with one attached hydrogen (secondary N) is 1. The molecule has 0 aliphatic carbocycles. The van der Waals surface area contributed by atoms with E-state index in [1.807, 2.05) is 50.2 Å². The van der Waals surface area contributed by atoms with Gasteiger partial charge in [0.2, 0.25) is 0 Å². The van der Waals surface area contributed by atoms with Crippen LogP contribution in [0.1, 0.15) is 24.5 Å². The molecule has 0 saturated heterocycles. The maximum atomic E-state index is 12.2. The molecule has 26 heavy (non-hydrogen) atoms. The second kappa shape index (κ2) is 9.38. The normalized spacial score (nSPS) is 11.5. The van der Waals surface area contributed by atoms with Crippen molar-refractivity contribution in [3.8, 4) is 5.75 Å². The van der Waals surface area contributed by atoms with E-state index in [9.17, 15) is 9.59 Å². The second-order valence-electron chi connectivity index (χ2n) is 5.97. The molecule has 0 saturated carbocycles. The molecule has 1 N–H and O–H groups in total. The minimum Gasteiger partial charge on any atom is -0.493 e. The molecular weight excluding hydrogens is 398 g/mol. The number of rotatable bonds is 7. The van der Waals surface area contributed by atoms with Gasteiger partial charge < -0.3 is 14.8 Å². The second-order valence-corrected chi connectivity index (χ2v) is 6.82. The van der Waals surface area contributed by atoms with E-state index in [-0.39, 0.29) is 18.9 Å². The highest BCUT2D eigenvalue weighted by Crippen LogP contribution is 2.23. The summed E-state index contributed by atoms with van der Waals surface area (Å²) in [6.45, 7) is 5.63. The Labute approximate surface area is 161 Å². The highest BCUT2D eigenvalue weighted by atomic mass is 79.9. The van der Waals surface area contributed by atoms with Crippen molar-refractivity contribution in [1.82, 2.24) is 0 Å². The van der Waals surface area contributed by atoms with Crippen molar-refractivity contribution in [2.75, 3.05) is 11.9 Å². The van der Waals surface area contributed by atoms with E-state index in [1.165, 1.54) is 6.92 Å². The predicted molar refractivity (Wildman–Crippen MR) is 104 cm³/mol. The topological polar surface area (TPSA) is 64.6 Å². The van der Waals surface area contributed by atoms with Crippen molar-refractivity contribution in [3.05, 3.63) is 58.1 Å². The first-order chi connectivity index (χ1) is 12.4. The molecule has 1 amide bonds. The molecule has 0 radical (unpaired) electrons. The van der Waals surface area contributed by atoms with Crippen LogP contribution in [0, 0.1) is 13.8 Å². The first-order valence-corrected chi connectivity index (χ1v) is 9.11. The number of carbonyl (C=O) groups is 2. The number of amides is 1. The number of aryl methyl sites for hydroxylation is 2. The van der Waals surface area contributed by atoms with Gasteiger partial charge in [0.15, 0.2) is 6.10 Å². The Morgan fingerprint density at radius 1 is 1.15 bits per heavy atom. The van der Waals surface area contributed by atoms with Crippen molar-refractivity contribution in [3.63, 3.8) is 0 Å². The van der Waals surface area contributed by atoms with Gasteiger partial charge in [0, 0.05) is 4.47 Å². The van der Waals surface area contributed by atoms with Crippen LogP contribution < -0.4 is 10.1 Å². The molecule has 0 heterocycles. The quantitative estimate of drug-likeness (QED) is 0.675. The highest BCUT2D eigenvalue weighted by Gasteiger charge is 2.18. The van der Waals surface area contributed by atoms with Crippen LogP contribution in [-0.4, -0.2) is 24.6 Å². The minimum absolute atomic E-state index is 0.0696. The summed E-state index contributed by atoms with van der Waals surface area (Å²) >= 11 is 3.40. The maximum absolute atomic E-state index is 12.2. The van der Waals surface area contributed by atoms with Gasteiger partial charge in [-0.2, -0.15) is 0 Å². The summed E-state index contributed by atoms with van der Waals surface area (Å²) in [5, 5.41) is 2.74. The summed E-state index contributed by atoms with van der Waals surface area (Å²) in [6.07, 6.45) is -0.825. The lowest BCUT2D eigenvalue weighted by atomic mass is 10.2. The van der Waals surface area contributed by atoms with Crippen LogP contribution in [0.3, 0.4) is 0 Å². The Bertz CT molecular complexity index is 791. The van der Waals surface area contributed by atoms with Crippen molar-refractivity contribution < 1.29 is 19.1 Å². The van der Waals surface area contributed by atoms with Gasteiger partial charge in [-0.25, -0.2) is 0 Å². The van der Waals surface area contributed by atoms with E-state index in [0.29, 0.717) is 5.69 Å². The third-order valence-electron chi connectivity index (χ3n) is 3.72. The Balaban J connectivity index is 1.78. The molecule has 5 nitrogen and oxygen atoms in total. The van der Waals surface area contributed by atoms with Gasteiger partial charge in [-0.1, -0.05) is 24.3 Å². The van der Waals surface area contributed by atoms with E-state index in [4.69, 9.17) is 9.47 Å². The van der Waals surface area contributed by atoms with Crippen LogP contribution in [0.25, 0.3) is 0 Å². The Morgan fingerprint density at radius 2 is 1.88 bits per heavy atom. The monoisotopic (exact) mass is 419 g/mol. The Morgan fingerprint density at radius 3 is 2.58 bits per heavy atom. The van der Waals surface area contributed by atoms with Crippen LogP contribution >= 0.6 is 15.9 Å². The van der Waals surface area contributed by atoms with E-state index >= 15 is 0 Å². The van der Waals surface area contributed by atoms with Crippen LogP contribution in [0.2, 0.25) is 0 Å². The molecule has 2 aromatic rings. The van der Waals surface area contributed by atoms with E-state index in [0.717, 1.165) is 21.3 Å². The fraction of sp³-hybridized carbons (Fsp3) is 0.300. The van der Waals surface area contributed by atoms with E-state index in [1.54, 1.807) is 6.07 Å². The van der Waals surface area contributed by atoms with Gasteiger partial charge in [-0.15, -0.1) is 0 Å². The average molecular weight is 420 g/mol. The minimum atomic E-state index is -0.894. The molecule has 0 aliphatic heterocycles. The molecule has 6 heteroatoms. The Kier molecular flexibility index (Phi) is 7.21. The standard InChI is InChI=1S/C20H22BrNO4/c1-13-8-9-17(16(21)12-13)22-20(24)15(3)26-19(23)10-11-25-18-7-5-4-6-14(18)2/h4-9,12,15H,10-11H2,1-3H3,(H,22,24)/t15-/m1/s1. The number of carbonyl (C=O) groups excluding carboxylic acids is 2. The molecule has 0 fully saturated rings. The SMILES string of the molecule is Cc1ccc(NC(=O)[C@@H](C)OC(=O)CCOc2ccccc2C)c(Br)c1. The van der Waals surface area contributed by atoms with Crippen LogP contribution in [-0.2, 0) is 14.3 Å². The maximum Gasteiger partial charge on any atom is 0.310 e. The molecule has 0 aliphatic rings. The molecule has 0 bridgehead atoms. The number of anilines is 1. The lowest BCUT2D eigenvalue weighted by molar-refractivity contribution is -0.153. The number of ether oxygens (including phenoxy) is 2. The van der Waals surface area contributed by atoms with Crippen molar-refractivity contribution in [2.45, 2.75) is 33.3 Å². The van der Waals surface area contributed by atoms with Gasteiger partial charge in [0.1, 0.15) is 5.75 Å². The number of benzene rings is 2. The van der Waals surface area contributed by atoms with Gasteiger partial charge >= 0.3 is 5.97 Å². The molecule has 1 atom stereocenters. The van der Waals surface area contributed by atoms with E-state index < -0.39 is 12.1 Å². The van der Waals surface area contributed by atoms with E-state index in [2.05, 4.69) is 21.2 Å². The molecule has 0 spiro atoms. The third-order valence-corrected chi connectivity index (χ3v) is 4.37. The lowest BCUT2D eigenvalue weighted by Crippen LogP contribution is -2.30. The summed E-state index contributed by atoms with van der Waals surface area (Å²) in [7, 11) is 0. The number of hydrogen-bond donors (Lipinski definition) is 1. The van der Waals surface area contributed by atoms with Gasteiger partial charge in [0.05, 0.1) is 18.7 Å². The van der Waals surface area contributed by atoms with Crippen molar-refractivity contribution >= 4 is 33.5 Å². The average Bonchev–Trinajstić information content (AvgIpc) is 2.59. The molecule has 138 valence electrons. The lowest BCUT2D eigenvalue weighted by Gasteiger charge is -2.15. The fourth-order valence-corrected chi connectivity index (χ4v) is 2.82. The predicted octanol–water partition coefficient (Wildman–Crippen LogP) is 4.41. The number of hydrogen-bond acceptors (Lipinski definition) is 4. The summed E-state index contributed by atoms with van der Waals surface area (Å²) in [4.78, 5) is 24.1. The first-order valence-electron chi connectivity index (χ1n) is 8.31. The summed E-state index contributed by atoms with van der Waals surface area (Å²) in [6, 6.07) is 13.1. The highest BCUT2D eigenvalue weighted by molar-refractivity contribution is 9.10. The summed E-state index contributed by atoms with van der Waals surface area (Å²) in [5.41, 5.74) is 2.70. The van der Waals surface area contributed by atoms with Crippen LogP contribution in [0.15, 0.2) is 46.9 Å². The van der Waals surface area contributed by atoms with Crippen molar-refractivity contribution in [1.29, 1.82) is 0 Å². The van der Waals surface area contributed by atoms with Gasteiger partial charge in [-0.3, -0.25) is 9.59 Å². The molecule has 2 rings (SSSR count). The fourth-order valence-electron chi connectivity index (χ4n) is 2.23. The summed E-state index contributed by atoms with van der Waals surface area (Å²) < 4.78 is 11.5. The largest absolute Gasteiger partial charge is 0.493 e. The zero-order valence-electron chi connectivity index (χ0n) is 15.0. The summed E-state index contributed by atoms with van der Waals surface area (Å²) in [5.74, 6) is -0.137. The zero-order valence-corrected chi connectivity index (χ0v) is 16.6. The molecule has 2 aromatic carbocycles.